The average molecular weight is 490 g/mol. The maximum absolute atomic E-state index is 13.2. The van der Waals surface area contributed by atoms with Crippen LogP contribution in [0.25, 0.3) is 23.0 Å². The molecule has 30 heavy (non-hydrogen) atoms. The molecule has 0 fully saturated rings. The van der Waals surface area contributed by atoms with Crippen molar-refractivity contribution in [2.75, 3.05) is 0 Å². The molecule has 0 spiro atoms. The minimum atomic E-state index is -0.495. The summed E-state index contributed by atoms with van der Waals surface area (Å²) in [6.07, 6.45) is 1.76. The van der Waals surface area contributed by atoms with Gasteiger partial charge in [0, 0.05) is 22.8 Å². The standard InChI is InChI=1S/C21H15BrClFN4O2/c22-15-6-4-14(5-7-15)20-26-21(30-27-20)18-2-1-9-28(18)12-19(29)25-11-13-3-8-17(24)16(23)10-13/h1-10H,11-12H2,(H,25,29). The van der Waals surface area contributed by atoms with Crippen LogP contribution in [0.5, 0.6) is 0 Å². The topological polar surface area (TPSA) is 73.0 Å². The van der Waals surface area contributed by atoms with E-state index in [9.17, 15) is 9.18 Å². The van der Waals surface area contributed by atoms with Crippen molar-refractivity contribution in [2.45, 2.75) is 13.1 Å². The Labute approximate surface area is 184 Å². The van der Waals surface area contributed by atoms with Crippen molar-refractivity contribution in [1.29, 1.82) is 0 Å². The molecule has 1 amide bonds. The van der Waals surface area contributed by atoms with E-state index in [4.69, 9.17) is 16.1 Å². The maximum atomic E-state index is 13.2. The largest absolute Gasteiger partial charge is 0.350 e. The van der Waals surface area contributed by atoms with Gasteiger partial charge >= 0.3 is 0 Å². The van der Waals surface area contributed by atoms with Gasteiger partial charge in [-0.3, -0.25) is 4.79 Å². The summed E-state index contributed by atoms with van der Waals surface area (Å²) in [6.45, 7) is 0.303. The third kappa shape index (κ3) is 4.60. The fourth-order valence-corrected chi connectivity index (χ4v) is 3.32. The molecule has 0 saturated heterocycles. The summed E-state index contributed by atoms with van der Waals surface area (Å²) in [5, 5.41) is 6.83. The summed E-state index contributed by atoms with van der Waals surface area (Å²) < 4.78 is 21.3. The Morgan fingerprint density at radius 2 is 2.00 bits per heavy atom. The molecule has 6 nitrogen and oxygen atoms in total. The number of nitrogens with one attached hydrogen (secondary N) is 1. The molecule has 2 aromatic heterocycles. The van der Waals surface area contributed by atoms with Crippen LogP contribution in [-0.4, -0.2) is 20.6 Å². The lowest BCUT2D eigenvalue weighted by molar-refractivity contribution is -0.121. The number of nitrogens with zero attached hydrogens (tertiary/aromatic N) is 3. The summed E-state index contributed by atoms with van der Waals surface area (Å²) >= 11 is 9.16. The van der Waals surface area contributed by atoms with Crippen LogP contribution in [-0.2, 0) is 17.9 Å². The molecule has 4 rings (SSSR count). The molecule has 152 valence electrons. The Balaban J connectivity index is 1.43. The second-order valence-electron chi connectivity index (χ2n) is 6.48. The van der Waals surface area contributed by atoms with Crippen LogP contribution < -0.4 is 5.32 Å². The molecule has 0 saturated carbocycles. The number of carbonyl (C=O) groups is 1. The molecule has 9 heteroatoms. The van der Waals surface area contributed by atoms with Gasteiger partial charge in [-0.1, -0.05) is 38.8 Å². The van der Waals surface area contributed by atoms with Crippen LogP contribution in [0.4, 0.5) is 4.39 Å². The van der Waals surface area contributed by atoms with Crippen molar-refractivity contribution in [2.24, 2.45) is 0 Å². The smallest absolute Gasteiger partial charge is 0.274 e. The highest BCUT2D eigenvalue weighted by molar-refractivity contribution is 9.10. The molecule has 0 aliphatic rings. The van der Waals surface area contributed by atoms with Crippen molar-refractivity contribution in [3.05, 3.63) is 81.7 Å². The first kappa shape index (κ1) is 20.3. The van der Waals surface area contributed by atoms with Gasteiger partial charge in [-0.25, -0.2) is 4.39 Å². The number of rotatable bonds is 6. The summed E-state index contributed by atoms with van der Waals surface area (Å²) in [7, 11) is 0. The number of halogens is 3. The molecule has 0 aliphatic carbocycles. The Morgan fingerprint density at radius 1 is 1.20 bits per heavy atom. The summed E-state index contributed by atoms with van der Waals surface area (Å²) in [4.78, 5) is 16.8. The van der Waals surface area contributed by atoms with Gasteiger partial charge in [0.05, 0.1) is 5.02 Å². The van der Waals surface area contributed by atoms with Gasteiger partial charge in [-0.2, -0.15) is 4.98 Å². The molecule has 2 heterocycles. The third-order valence-corrected chi connectivity index (χ3v) is 5.18. The van der Waals surface area contributed by atoms with E-state index in [1.807, 2.05) is 24.3 Å². The number of aromatic nitrogens is 3. The molecule has 0 radical (unpaired) electrons. The Bertz CT molecular complexity index is 1190. The van der Waals surface area contributed by atoms with Gasteiger partial charge in [-0.05, 0) is 54.1 Å². The zero-order valence-electron chi connectivity index (χ0n) is 15.5. The van der Waals surface area contributed by atoms with E-state index < -0.39 is 5.82 Å². The second kappa shape index (κ2) is 8.81. The Kier molecular flexibility index (Phi) is 5.96. The summed E-state index contributed by atoms with van der Waals surface area (Å²) in [5.74, 6) is 0.0604. The number of amides is 1. The summed E-state index contributed by atoms with van der Waals surface area (Å²) in [5.41, 5.74) is 2.16. The highest BCUT2D eigenvalue weighted by atomic mass is 79.9. The molecular weight excluding hydrogens is 475 g/mol. The average Bonchev–Trinajstić information content (AvgIpc) is 3.39. The van der Waals surface area contributed by atoms with Crippen LogP contribution in [0.15, 0.2) is 69.8 Å². The van der Waals surface area contributed by atoms with E-state index in [1.165, 1.54) is 12.1 Å². The number of hydrogen-bond acceptors (Lipinski definition) is 4. The Morgan fingerprint density at radius 3 is 2.77 bits per heavy atom. The molecule has 0 bridgehead atoms. The van der Waals surface area contributed by atoms with Gasteiger partial charge in [0.15, 0.2) is 0 Å². The molecular formula is C21H15BrClFN4O2. The summed E-state index contributed by atoms with van der Waals surface area (Å²) in [6, 6.07) is 15.5. The van der Waals surface area contributed by atoms with E-state index in [-0.39, 0.29) is 24.0 Å². The number of carbonyl (C=O) groups excluding carboxylic acids is 1. The van der Waals surface area contributed by atoms with Crippen LogP contribution >= 0.6 is 27.5 Å². The van der Waals surface area contributed by atoms with Crippen LogP contribution in [0.1, 0.15) is 5.56 Å². The van der Waals surface area contributed by atoms with Gasteiger partial charge < -0.3 is 14.4 Å². The zero-order chi connectivity index (χ0) is 21.1. The highest BCUT2D eigenvalue weighted by Crippen LogP contribution is 2.24. The van der Waals surface area contributed by atoms with Crippen molar-refractivity contribution in [3.8, 4) is 23.0 Å². The molecule has 2 aromatic carbocycles. The van der Waals surface area contributed by atoms with Crippen LogP contribution in [0.2, 0.25) is 5.02 Å². The van der Waals surface area contributed by atoms with E-state index >= 15 is 0 Å². The zero-order valence-corrected chi connectivity index (χ0v) is 17.8. The van der Waals surface area contributed by atoms with Crippen molar-refractivity contribution in [3.63, 3.8) is 0 Å². The van der Waals surface area contributed by atoms with E-state index in [0.717, 1.165) is 10.0 Å². The van der Waals surface area contributed by atoms with Crippen molar-refractivity contribution < 1.29 is 13.7 Å². The van der Waals surface area contributed by atoms with E-state index in [0.29, 0.717) is 23.0 Å². The third-order valence-electron chi connectivity index (χ3n) is 4.36. The normalized spacial score (nSPS) is 10.9. The Hall–Kier alpha value is -2.97. The van der Waals surface area contributed by atoms with Gasteiger partial charge in [-0.15, -0.1) is 0 Å². The predicted octanol–water partition coefficient (Wildman–Crippen LogP) is 5.08. The van der Waals surface area contributed by atoms with E-state index in [1.54, 1.807) is 29.0 Å². The first-order valence-corrected chi connectivity index (χ1v) is 10.1. The van der Waals surface area contributed by atoms with Gasteiger partial charge in [0.1, 0.15) is 18.1 Å². The quantitative estimate of drug-likeness (QED) is 0.410. The van der Waals surface area contributed by atoms with Crippen molar-refractivity contribution >= 4 is 33.4 Å². The SMILES string of the molecule is O=C(Cn1cccc1-c1nc(-c2ccc(Br)cc2)no1)NCc1ccc(F)c(Cl)c1. The molecule has 0 atom stereocenters. The molecule has 4 aromatic rings. The number of hydrogen-bond donors (Lipinski definition) is 1. The minimum absolute atomic E-state index is 0.0208. The lowest BCUT2D eigenvalue weighted by Crippen LogP contribution is -2.27. The fourth-order valence-electron chi connectivity index (χ4n) is 2.85. The predicted molar refractivity (Wildman–Crippen MR) is 114 cm³/mol. The van der Waals surface area contributed by atoms with Crippen LogP contribution in [0, 0.1) is 5.82 Å². The van der Waals surface area contributed by atoms with Crippen LogP contribution in [0.3, 0.4) is 0 Å². The minimum Gasteiger partial charge on any atom is -0.350 e. The molecule has 0 aliphatic heterocycles. The van der Waals surface area contributed by atoms with E-state index in [2.05, 4.69) is 31.4 Å². The molecule has 0 unspecified atom stereocenters. The number of benzene rings is 2. The first-order valence-electron chi connectivity index (χ1n) is 8.95. The maximum Gasteiger partial charge on any atom is 0.274 e. The second-order valence-corrected chi connectivity index (χ2v) is 7.80. The lowest BCUT2D eigenvalue weighted by Gasteiger charge is -2.08. The van der Waals surface area contributed by atoms with Gasteiger partial charge in [0.25, 0.3) is 5.89 Å². The molecule has 1 N–H and O–H groups in total. The monoisotopic (exact) mass is 488 g/mol. The van der Waals surface area contributed by atoms with Crippen molar-refractivity contribution in [1.82, 2.24) is 20.0 Å². The highest BCUT2D eigenvalue weighted by Gasteiger charge is 2.15. The fraction of sp³-hybridized carbons (Fsp3) is 0.0952. The lowest BCUT2D eigenvalue weighted by atomic mass is 10.2. The van der Waals surface area contributed by atoms with Gasteiger partial charge in [0.2, 0.25) is 11.7 Å². The first-order chi connectivity index (χ1) is 14.5.